The van der Waals surface area contributed by atoms with Gasteiger partial charge in [0.15, 0.2) is 5.96 Å². The summed E-state index contributed by atoms with van der Waals surface area (Å²) in [5.74, 6) is 1.19. The van der Waals surface area contributed by atoms with Crippen LogP contribution in [0.25, 0.3) is 0 Å². The summed E-state index contributed by atoms with van der Waals surface area (Å²) < 4.78 is 0. The van der Waals surface area contributed by atoms with Gasteiger partial charge in [0.25, 0.3) is 0 Å². The summed E-state index contributed by atoms with van der Waals surface area (Å²) in [7, 11) is 1.83. The highest BCUT2D eigenvalue weighted by atomic mass is 127. The van der Waals surface area contributed by atoms with Crippen LogP contribution in [0, 0.1) is 5.41 Å². The van der Waals surface area contributed by atoms with Gasteiger partial charge in [-0.15, -0.1) is 24.0 Å². The number of hydrogen-bond acceptors (Lipinski definition) is 2. The van der Waals surface area contributed by atoms with Crippen LogP contribution in [0.1, 0.15) is 38.7 Å². The molecule has 1 N–H and O–H groups in total. The number of likely N-dealkylation sites (tertiary alicyclic amines) is 1. The number of carbonyl (C=O) groups excluding carboxylic acids is 1. The van der Waals surface area contributed by atoms with Gasteiger partial charge in [-0.1, -0.05) is 32.0 Å². The maximum absolute atomic E-state index is 12.5. The summed E-state index contributed by atoms with van der Waals surface area (Å²) in [6.45, 7) is 8.28. The second-order valence-corrected chi connectivity index (χ2v) is 7.84. The van der Waals surface area contributed by atoms with Gasteiger partial charge in [0.05, 0.1) is 0 Å². The van der Waals surface area contributed by atoms with Crippen LogP contribution in [0.3, 0.4) is 0 Å². The summed E-state index contributed by atoms with van der Waals surface area (Å²) in [6, 6.07) is 8.22. The molecular weight excluding hydrogens is 439 g/mol. The van der Waals surface area contributed by atoms with Crippen LogP contribution >= 0.6 is 24.0 Å². The molecule has 3 rings (SSSR count). The highest BCUT2D eigenvalue weighted by molar-refractivity contribution is 14.0. The number of aliphatic imine (C=N–C) groups is 1. The van der Waals surface area contributed by atoms with Crippen molar-refractivity contribution in [3.8, 4) is 0 Å². The first-order valence-electron chi connectivity index (χ1n) is 9.34. The van der Waals surface area contributed by atoms with Gasteiger partial charge in [0.2, 0.25) is 5.91 Å². The summed E-state index contributed by atoms with van der Waals surface area (Å²) in [6.07, 6.45) is 3.57. The van der Waals surface area contributed by atoms with Gasteiger partial charge in [-0.05, 0) is 36.3 Å². The molecule has 0 radical (unpaired) electrons. The van der Waals surface area contributed by atoms with E-state index in [0.29, 0.717) is 11.8 Å². The van der Waals surface area contributed by atoms with Crippen molar-refractivity contribution in [1.29, 1.82) is 0 Å². The molecule has 0 spiro atoms. The van der Waals surface area contributed by atoms with Gasteiger partial charge in [-0.25, -0.2) is 0 Å². The molecule has 1 aromatic rings. The lowest BCUT2D eigenvalue weighted by Crippen LogP contribution is -2.41. The van der Waals surface area contributed by atoms with E-state index in [1.165, 1.54) is 12.0 Å². The molecule has 6 heteroatoms. The van der Waals surface area contributed by atoms with E-state index in [1.807, 2.05) is 24.1 Å². The largest absolute Gasteiger partial charge is 0.356 e. The number of nitrogens with zero attached hydrogens (tertiary/aromatic N) is 3. The van der Waals surface area contributed by atoms with Crippen molar-refractivity contribution in [2.24, 2.45) is 10.4 Å². The minimum atomic E-state index is 0. The third-order valence-corrected chi connectivity index (χ3v) is 5.23. The van der Waals surface area contributed by atoms with Crippen LogP contribution in [0.5, 0.6) is 0 Å². The third kappa shape index (κ3) is 4.90. The molecule has 26 heavy (non-hydrogen) atoms. The molecule has 0 aromatic heterocycles. The molecule has 0 aliphatic carbocycles. The Kier molecular flexibility index (Phi) is 7.32. The molecule has 1 aromatic carbocycles. The number of halogens is 1. The van der Waals surface area contributed by atoms with Gasteiger partial charge in [0.1, 0.15) is 0 Å². The second-order valence-electron chi connectivity index (χ2n) is 7.84. The van der Waals surface area contributed by atoms with Crippen molar-refractivity contribution in [2.45, 2.75) is 39.5 Å². The number of rotatable bonds is 4. The standard InChI is InChI=1S/C20H30N4O.HI/c1-20(2)11-14-23(15-20)19(21-3)22-12-6-9-18(25)24-13-10-16-7-4-5-8-17(16)24;/h4-5,7-8H,6,9-15H2,1-3H3,(H,21,22);1H. The summed E-state index contributed by atoms with van der Waals surface area (Å²) in [4.78, 5) is 21.2. The van der Waals surface area contributed by atoms with Crippen molar-refractivity contribution < 1.29 is 4.79 Å². The van der Waals surface area contributed by atoms with E-state index in [-0.39, 0.29) is 29.9 Å². The van der Waals surface area contributed by atoms with Crippen LogP contribution in [0.2, 0.25) is 0 Å². The Labute approximate surface area is 174 Å². The van der Waals surface area contributed by atoms with Gasteiger partial charge in [-0.2, -0.15) is 0 Å². The minimum Gasteiger partial charge on any atom is -0.356 e. The zero-order chi connectivity index (χ0) is 17.9. The molecule has 1 fully saturated rings. The topological polar surface area (TPSA) is 47.9 Å². The zero-order valence-corrected chi connectivity index (χ0v) is 18.5. The van der Waals surface area contributed by atoms with E-state index in [9.17, 15) is 4.79 Å². The maximum atomic E-state index is 12.5. The number of hydrogen-bond donors (Lipinski definition) is 1. The predicted molar refractivity (Wildman–Crippen MR) is 118 cm³/mol. The van der Waals surface area contributed by atoms with E-state index in [0.717, 1.165) is 50.7 Å². The molecule has 1 amide bonds. The van der Waals surface area contributed by atoms with Crippen LogP contribution in [-0.4, -0.2) is 50.0 Å². The monoisotopic (exact) mass is 470 g/mol. The maximum Gasteiger partial charge on any atom is 0.227 e. The lowest BCUT2D eigenvalue weighted by atomic mass is 9.93. The van der Waals surface area contributed by atoms with Crippen LogP contribution in [0.4, 0.5) is 5.69 Å². The average Bonchev–Trinajstić information content (AvgIpc) is 3.18. The van der Waals surface area contributed by atoms with Gasteiger partial charge in [-0.3, -0.25) is 9.79 Å². The van der Waals surface area contributed by atoms with E-state index >= 15 is 0 Å². The van der Waals surface area contributed by atoms with E-state index in [1.54, 1.807) is 0 Å². The molecule has 2 aliphatic rings. The van der Waals surface area contributed by atoms with E-state index in [2.05, 4.69) is 41.2 Å². The number of anilines is 1. The fraction of sp³-hybridized carbons (Fsp3) is 0.600. The Hall–Kier alpha value is -1.31. The summed E-state index contributed by atoms with van der Waals surface area (Å²) in [5, 5.41) is 3.42. The lowest BCUT2D eigenvalue weighted by molar-refractivity contribution is -0.118. The van der Waals surface area contributed by atoms with E-state index < -0.39 is 0 Å². The van der Waals surface area contributed by atoms with Crippen LogP contribution < -0.4 is 10.2 Å². The molecule has 2 heterocycles. The molecule has 5 nitrogen and oxygen atoms in total. The van der Waals surface area contributed by atoms with Gasteiger partial charge in [0, 0.05) is 45.3 Å². The zero-order valence-electron chi connectivity index (χ0n) is 16.1. The number of guanidine groups is 1. The molecule has 0 unspecified atom stereocenters. The first-order chi connectivity index (χ1) is 12.0. The number of amides is 1. The fourth-order valence-electron chi connectivity index (χ4n) is 3.80. The molecule has 0 atom stereocenters. The summed E-state index contributed by atoms with van der Waals surface area (Å²) in [5.41, 5.74) is 2.73. The number of fused-ring (bicyclic) bond motifs is 1. The Morgan fingerprint density at radius 1 is 1.27 bits per heavy atom. The third-order valence-electron chi connectivity index (χ3n) is 5.23. The van der Waals surface area contributed by atoms with Crippen molar-refractivity contribution >= 4 is 41.5 Å². The molecule has 0 bridgehead atoms. The number of benzene rings is 1. The Morgan fingerprint density at radius 3 is 2.73 bits per heavy atom. The first-order valence-corrected chi connectivity index (χ1v) is 9.34. The molecule has 0 saturated carbocycles. The van der Waals surface area contributed by atoms with Crippen molar-refractivity contribution in [1.82, 2.24) is 10.2 Å². The van der Waals surface area contributed by atoms with Gasteiger partial charge >= 0.3 is 0 Å². The van der Waals surface area contributed by atoms with Crippen molar-refractivity contribution in [2.75, 3.05) is 38.1 Å². The first kappa shape index (κ1) is 21.0. The van der Waals surface area contributed by atoms with Crippen molar-refractivity contribution in [3.05, 3.63) is 29.8 Å². The van der Waals surface area contributed by atoms with E-state index in [4.69, 9.17) is 0 Å². The SMILES string of the molecule is CN=C(NCCCC(=O)N1CCc2ccccc21)N1CCC(C)(C)C1.I. The predicted octanol–water partition coefficient (Wildman–Crippen LogP) is 3.28. The second kappa shape index (κ2) is 9.06. The molecule has 144 valence electrons. The number of para-hydroxylation sites is 1. The Balaban J connectivity index is 0.00000243. The minimum absolute atomic E-state index is 0. The Bertz CT molecular complexity index is 659. The average molecular weight is 470 g/mol. The molecular formula is C20H31IN4O. The van der Waals surface area contributed by atoms with Crippen LogP contribution in [-0.2, 0) is 11.2 Å². The lowest BCUT2D eigenvalue weighted by Gasteiger charge is -2.24. The quantitative estimate of drug-likeness (QED) is 0.318. The molecule has 1 saturated heterocycles. The highest BCUT2D eigenvalue weighted by Crippen LogP contribution is 2.29. The molecule has 2 aliphatic heterocycles. The van der Waals surface area contributed by atoms with Gasteiger partial charge < -0.3 is 15.1 Å². The number of nitrogens with one attached hydrogen (secondary N) is 1. The summed E-state index contributed by atoms with van der Waals surface area (Å²) >= 11 is 0. The smallest absolute Gasteiger partial charge is 0.227 e. The fourth-order valence-corrected chi connectivity index (χ4v) is 3.80. The Morgan fingerprint density at radius 2 is 2.04 bits per heavy atom. The van der Waals surface area contributed by atoms with Crippen molar-refractivity contribution in [3.63, 3.8) is 0 Å². The number of carbonyl (C=O) groups is 1. The highest BCUT2D eigenvalue weighted by Gasteiger charge is 2.30. The van der Waals surface area contributed by atoms with Crippen LogP contribution in [0.15, 0.2) is 29.3 Å². The normalized spacial score (nSPS) is 18.5.